The molecule has 0 radical (unpaired) electrons. The van der Waals surface area contributed by atoms with Gasteiger partial charge in [0.2, 0.25) is 0 Å². The van der Waals surface area contributed by atoms with Crippen molar-refractivity contribution >= 4 is 24.0 Å². The first-order chi connectivity index (χ1) is 17.5. The zero-order valence-electron chi connectivity index (χ0n) is 19.8. The monoisotopic (exact) mass is 519 g/mol. The second-order valence-corrected chi connectivity index (χ2v) is 8.06. The van der Waals surface area contributed by atoms with Gasteiger partial charge in [-0.15, -0.1) is 0 Å². The highest BCUT2D eigenvalue weighted by atomic mass is 16.6. The fourth-order valence-electron chi connectivity index (χ4n) is 3.76. The molecule has 1 aromatic heterocycles. The average Bonchev–Trinajstić information content (AvgIpc) is 3.13. The van der Waals surface area contributed by atoms with E-state index in [4.69, 9.17) is 18.9 Å². The molecule has 0 saturated carbocycles. The van der Waals surface area contributed by atoms with Crippen molar-refractivity contribution in [2.45, 2.75) is 57.5 Å². The molecule has 1 unspecified atom stereocenters. The number of carbonyl (C=O) groups is 4. The number of H-pyrrole nitrogens is 1. The van der Waals surface area contributed by atoms with Gasteiger partial charge in [-0.25, -0.2) is 14.4 Å². The second-order valence-electron chi connectivity index (χ2n) is 8.06. The van der Waals surface area contributed by atoms with Crippen LogP contribution in [-0.2, 0) is 39.9 Å². The summed E-state index contributed by atoms with van der Waals surface area (Å²) in [4.78, 5) is 73.7. The number of hydrogen-bond acceptors (Lipinski definition) is 10. The van der Waals surface area contributed by atoms with Crippen LogP contribution in [-0.4, -0.2) is 63.0 Å². The minimum Gasteiger partial charge on any atom is -0.480 e. The molecular formula is C23H25N3O11. The van der Waals surface area contributed by atoms with Gasteiger partial charge in [-0.05, 0) is 5.56 Å². The number of alkyl carbamates (subject to hydrolysis) is 1. The molecule has 1 aromatic carbocycles. The van der Waals surface area contributed by atoms with Crippen molar-refractivity contribution in [3.8, 4) is 0 Å². The van der Waals surface area contributed by atoms with E-state index in [2.05, 4.69) is 5.32 Å². The van der Waals surface area contributed by atoms with Gasteiger partial charge in [-0.2, -0.15) is 0 Å². The Bertz CT molecular complexity index is 1260. The van der Waals surface area contributed by atoms with E-state index in [1.165, 1.54) is 0 Å². The molecule has 5 atom stereocenters. The third-order valence-corrected chi connectivity index (χ3v) is 5.29. The molecule has 1 fully saturated rings. The number of ether oxygens (including phenoxy) is 4. The van der Waals surface area contributed by atoms with Crippen LogP contribution in [0.4, 0.5) is 4.79 Å². The van der Waals surface area contributed by atoms with Gasteiger partial charge in [0, 0.05) is 32.5 Å². The summed E-state index contributed by atoms with van der Waals surface area (Å²) in [5.74, 6) is -3.05. The number of hydrogen-bond donors (Lipinski definition) is 3. The summed E-state index contributed by atoms with van der Waals surface area (Å²) >= 11 is 0. The molecule has 198 valence electrons. The molecule has 0 bridgehead atoms. The van der Waals surface area contributed by atoms with Crippen LogP contribution < -0.4 is 16.6 Å². The van der Waals surface area contributed by atoms with E-state index in [-0.39, 0.29) is 6.61 Å². The number of carboxylic acid groups (broad SMARTS) is 1. The zero-order valence-corrected chi connectivity index (χ0v) is 19.8. The molecule has 14 heteroatoms. The first kappa shape index (κ1) is 27.1. The van der Waals surface area contributed by atoms with E-state index in [0.717, 1.165) is 30.7 Å². The molecule has 3 rings (SSSR count). The van der Waals surface area contributed by atoms with E-state index >= 15 is 0 Å². The van der Waals surface area contributed by atoms with Crippen molar-refractivity contribution < 1.29 is 43.2 Å². The van der Waals surface area contributed by atoms with Gasteiger partial charge in [-0.1, -0.05) is 30.3 Å². The Balaban J connectivity index is 1.83. The molecular weight excluding hydrogens is 494 g/mol. The van der Waals surface area contributed by atoms with Crippen molar-refractivity contribution in [1.82, 2.24) is 14.9 Å². The Hall–Kier alpha value is -4.46. The molecule has 2 heterocycles. The number of rotatable bonds is 9. The van der Waals surface area contributed by atoms with E-state index < -0.39 is 72.3 Å². The predicted molar refractivity (Wildman–Crippen MR) is 122 cm³/mol. The maximum Gasteiger partial charge on any atom is 0.408 e. The number of amides is 1. The lowest BCUT2D eigenvalue weighted by molar-refractivity contribution is -0.165. The zero-order chi connectivity index (χ0) is 27.1. The Morgan fingerprint density at radius 3 is 2.30 bits per heavy atom. The number of carbonyl (C=O) groups excluding carboxylic acids is 3. The SMILES string of the molecule is CC(=O)O[C@@H]1[C@H](OC(C)=O)[C@@H](CC(NC(=O)OCc2ccccc2)C(=O)O)O[C@H]1n1ccc(=O)[nH]c1=O. The first-order valence-corrected chi connectivity index (χ1v) is 11.1. The topological polar surface area (TPSA) is 192 Å². The first-order valence-electron chi connectivity index (χ1n) is 11.1. The van der Waals surface area contributed by atoms with Gasteiger partial charge in [0.1, 0.15) is 18.8 Å². The Labute approximate surface area is 209 Å². The normalized spacial score (nSPS) is 21.5. The van der Waals surface area contributed by atoms with Crippen LogP contribution in [0.25, 0.3) is 0 Å². The average molecular weight is 519 g/mol. The maximum absolute atomic E-state index is 12.4. The minimum atomic E-state index is -1.57. The molecule has 14 nitrogen and oxygen atoms in total. The number of carboxylic acids is 1. The van der Waals surface area contributed by atoms with Crippen LogP contribution in [0.5, 0.6) is 0 Å². The summed E-state index contributed by atoms with van der Waals surface area (Å²) in [7, 11) is 0. The van der Waals surface area contributed by atoms with Crippen molar-refractivity contribution in [2.75, 3.05) is 0 Å². The minimum absolute atomic E-state index is 0.110. The summed E-state index contributed by atoms with van der Waals surface area (Å²) in [5, 5.41) is 11.9. The van der Waals surface area contributed by atoms with Crippen LogP contribution in [0.3, 0.4) is 0 Å². The third kappa shape index (κ3) is 7.27. The number of aliphatic carboxylic acids is 1. The molecule has 1 aliphatic rings. The number of esters is 2. The van der Waals surface area contributed by atoms with Gasteiger partial charge >= 0.3 is 29.7 Å². The highest BCUT2D eigenvalue weighted by Crippen LogP contribution is 2.35. The van der Waals surface area contributed by atoms with E-state index in [0.29, 0.717) is 5.56 Å². The molecule has 2 aromatic rings. The summed E-state index contributed by atoms with van der Waals surface area (Å²) in [5.41, 5.74) is -0.924. The summed E-state index contributed by atoms with van der Waals surface area (Å²) < 4.78 is 22.3. The summed E-state index contributed by atoms with van der Waals surface area (Å²) in [6.07, 6.45) is -5.77. The van der Waals surface area contributed by atoms with Gasteiger partial charge in [0.15, 0.2) is 18.4 Å². The van der Waals surface area contributed by atoms with Gasteiger partial charge in [0.25, 0.3) is 5.56 Å². The van der Waals surface area contributed by atoms with E-state index in [1.54, 1.807) is 30.3 Å². The quantitative estimate of drug-likeness (QED) is 0.300. The van der Waals surface area contributed by atoms with Crippen LogP contribution in [0, 0.1) is 0 Å². The highest BCUT2D eigenvalue weighted by molar-refractivity contribution is 5.80. The largest absolute Gasteiger partial charge is 0.480 e. The van der Waals surface area contributed by atoms with Gasteiger partial charge < -0.3 is 29.4 Å². The van der Waals surface area contributed by atoms with Crippen molar-refractivity contribution in [1.29, 1.82) is 0 Å². The van der Waals surface area contributed by atoms with Crippen LogP contribution in [0.15, 0.2) is 52.2 Å². The summed E-state index contributed by atoms with van der Waals surface area (Å²) in [6, 6.07) is 8.14. The van der Waals surface area contributed by atoms with Crippen molar-refractivity contribution in [3.05, 3.63) is 69.0 Å². The molecule has 37 heavy (non-hydrogen) atoms. The number of nitrogens with one attached hydrogen (secondary N) is 2. The Kier molecular flexibility index (Phi) is 8.79. The molecule has 1 aliphatic heterocycles. The number of aromatic amines is 1. The molecule has 0 aliphatic carbocycles. The van der Waals surface area contributed by atoms with Crippen LogP contribution >= 0.6 is 0 Å². The van der Waals surface area contributed by atoms with Crippen LogP contribution in [0.2, 0.25) is 0 Å². The lowest BCUT2D eigenvalue weighted by Gasteiger charge is -2.24. The molecule has 0 spiro atoms. The van der Waals surface area contributed by atoms with E-state index in [9.17, 15) is 33.9 Å². The van der Waals surface area contributed by atoms with Crippen LogP contribution in [0.1, 0.15) is 32.1 Å². The van der Waals surface area contributed by atoms with Gasteiger partial charge in [0.05, 0.1) is 0 Å². The lowest BCUT2D eigenvalue weighted by Crippen LogP contribution is -2.46. The fourth-order valence-corrected chi connectivity index (χ4v) is 3.76. The highest BCUT2D eigenvalue weighted by Gasteiger charge is 2.51. The second kappa shape index (κ2) is 12.0. The Morgan fingerprint density at radius 2 is 1.70 bits per heavy atom. The lowest BCUT2D eigenvalue weighted by atomic mass is 10.0. The smallest absolute Gasteiger partial charge is 0.408 e. The Morgan fingerprint density at radius 1 is 1.05 bits per heavy atom. The van der Waals surface area contributed by atoms with Crippen molar-refractivity contribution in [2.24, 2.45) is 0 Å². The van der Waals surface area contributed by atoms with Crippen molar-refractivity contribution in [3.63, 3.8) is 0 Å². The standard InChI is InChI=1S/C23H25N3O11/c1-12(27)35-18-16(10-15(21(30)31)24-23(33)34-11-14-6-4-3-5-7-14)37-20(19(18)36-13(2)28)26-9-8-17(29)25-22(26)32/h3-9,15-16,18-20H,10-11H2,1-2H3,(H,24,33)(H,30,31)(H,25,29,32)/t15?,16-,18-,19-,20-/m1/s1. The summed E-state index contributed by atoms with van der Waals surface area (Å²) in [6.45, 7) is 2.05. The molecule has 3 N–H and O–H groups in total. The molecule has 1 amide bonds. The maximum atomic E-state index is 12.4. The predicted octanol–water partition coefficient (Wildman–Crippen LogP) is 0.0671. The third-order valence-electron chi connectivity index (χ3n) is 5.29. The van der Waals surface area contributed by atoms with E-state index in [1.807, 2.05) is 4.98 Å². The van der Waals surface area contributed by atoms with Gasteiger partial charge in [-0.3, -0.25) is 23.9 Å². The number of nitrogens with zero attached hydrogens (tertiary/aromatic N) is 1. The number of aromatic nitrogens is 2. The molecule has 1 saturated heterocycles. The number of benzene rings is 1. The fraction of sp³-hybridized carbons (Fsp3) is 0.391.